The second-order valence-electron chi connectivity index (χ2n) is 5.77. The summed E-state index contributed by atoms with van der Waals surface area (Å²) in [5.41, 5.74) is 6.70. The van der Waals surface area contributed by atoms with E-state index in [9.17, 15) is 5.11 Å². The molecule has 1 aromatic rings. The van der Waals surface area contributed by atoms with Crippen molar-refractivity contribution in [2.45, 2.75) is 44.7 Å². The second-order valence-corrected chi connectivity index (χ2v) is 5.77. The van der Waals surface area contributed by atoms with Gasteiger partial charge in [-0.15, -0.1) is 0 Å². The van der Waals surface area contributed by atoms with Crippen molar-refractivity contribution in [1.29, 1.82) is 0 Å². The first-order valence-electron chi connectivity index (χ1n) is 8.10. The monoisotopic (exact) mass is 292 g/mol. The predicted molar refractivity (Wildman–Crippen MR) is 85.4 cm³/mol. The Morgan fingerprint density at radius 1 is 1.19 bits per heavy atom. The maximum absolute atomic E-state index is 9.49. The van der Waals surface area contributed by atoms with E-state index >= 15 is 0 Å². The van der Waals surface area contributed by atoms with Crippen LogP contribution in [-0.4, -0.2) is 42.4 Å². The molecule has 1 aromatic carbocycles. The molecule has 0 amide bonds. The number of nitrogens with zero attached hydrogens (tertiary/aromatic N) is 1. The number of ether oxygens (including phenoxy) is 1. The molecular weight excluding hydrogens is 264 g/mol. The summed E-state index contributed by atoms with van der Waals surface area (Å²) >= 11 is 0. The molecule has 0 aliphatic carbocycles. The van der Waals surface area contributed by atoms with Crippen molar-refractivity contribution in [2.75, 3.05) is 26.3 Å². The van der Waals surface area contributed by atoms with Crippen LogP contribution in [0.15, 0.2) is 24.3 Å². The van der Waals surface area contributed by atoms with Gasteiger partial charge in [0, 0.05) is 19.1 Å². The van der Waals surface area contributed by atoms with E-state index in [1.807, 2.05) is 24.3 Å². The van der Waals surface area contributed by atoms with Crippen molar-refractivity contribution >= 4 is 0 Å². The van der Waals surface area contributed by atoms with Gasteiger partial charge in [0.15, 0.2) is 0 Å². The number of aliphatic hydroxyl groups is 1. The summed E-state index contributed by atoms with van der Waals surface area (Å²) in [5, 5.41) is 9.49. The Balaban J connectivity index is 1.70. The van der Waals surface area contributed by atoms with Crippen molar-refractivity contribution in [3.05, 3.63) is 29.8 Å². The minimum atomic E-state index is 0.279. The third kappa shape index (κ3) is 5.30. The Kier molecular flexibility index (Phi) is 7.00. The summed E-state index contributed by atoms with van der Waals surface area (Å²) in [6.07, 6.45) is 5.90. The van der Waals surface area contributed by atoms with E-state index in [-0.39, 0.29) is 6.61 Å². The second kappa shape index (κ2) is 9.03. The smallest absolute Gasteiger partial charge is 0.119 e. The first-order valence-corrected chi connectivity index (χ1v) is 8.10. The predicted octanol–water partition coefficient (Wildman–Crippen LogP) is 2.15. The van der Waals surface area contributed by atoms with Crippen LogP contribution in [0.3, 0.4) is 0 Å². The molecule has 1 fully saturated rings. The van der Waals surface area contributed by atoms with Gasteiger partial charge in [0.2, 0.25) is 0 Å². The quantitative estimate of drug-likeness (QED) is 0.756. The Hall–Kier alpha value is -1.10. The zero-order chi connectivity index (χ0) is 14.9. The fraction of sp³-hybridized carbons (Fsp3) is 0.647. The van der Waals surface area contributed by atoms with Gasteiger partial charge in [0.05, 0.1) is 13.2 Å². The minimum absolute atomic E-state index is 0.279. The molecule has 0 spiro atoms. The van der Waals surface area contributed by atoms with Crippen LogP contribution in [-0.2, 0) is 6.54 Å². The summed E-state index contributed by atoms with van der Waals surface area (Å²) < 4.78 is 5.77. The average molecular weight is 292 g/mol. The Labute approximate surface area is 127 Å². The highest BCUT2D eigenvalue weighted by Crippen LogP contribution is 2.17. The maximum Gasteiger partial charge on any atom is 0.119 e. The highest BCUT2D eigenvalue weighted by molar-refractivity contribution is 5.26. The van der Waals surface area contributed by atoms with E-state index in [4.69, 9.17) is 10.5 Å². The lowest BCUT2D eigenvalue weighted by Gasteiger charge is -2.28. The molecule has 1 atom stereocenters. The van der Waals surface area contributed by atoms with Crippen LogP contribution in [0, 0.1) is 0 Å². The number of benzene rings is 1. The first kappa shape index (κ1) is 16.3. The van der Waals surface area contributed by atoms with Gasteiger partial charge in [-0.05, 0) is 43.5 Å². The average Bonchev–Trinajstić information content (AvgIpc) is 2.77. The van der Waals surface area contributed by atoms with Gasteiger partial charge in [-0.3, -0.25) is 4.90 Å². The van der Waals surface area contributed by atoms with Gasteiger partial charge in [0.25, 0.3) is 0 Å². The highest BCUT2D eigenvalue weighted by Gasteiger charge is 2.19. The van der Waals surface area contributed by atoms with Crippen molar-refractivity contribution in [1.82, 2.24) is 4.90 Å². The molecule has 1 aliphatic rings. The van der Waals surface area contributed by atoms with Gasteiger partial charge in [0.1, 0.15) is 5.75 Å². The normalized spacial score (nSPS) is 20.2. The van der Waals surface area contributed by atoms with Crippen LogP contribution < -0.4 is 10.5 Å². The van der Waals surface area contributed by atoms with Crippen LogP contribution in [0.1, 0.15) is 37.7 Å². The third-order valence-corrected chi connectivity index (χ3v) is 4.23. The molecule has 1 saturated heterocycles. The number of nitrogens with two attached hydrogens (primary N) is 1. The molecule has 4 heteroatoms. The fourth-order valence-corrected chi connectivity index (χ4v) is 2.92. The van der Waals surface area contributed by atoms with Gasteiger partial charge >= 0.3 is 0 Å². The lowest BCUT2D eigenvalue weighted by molar-refractivity contribution is 0.118. The van der Waals surface area contributed by atoms with Crippen LogP contribution in [0.4, 0.5) is 0 Å². The molecule has 2 rings (SSSR count). The third-order valence-electron chi connectivity index (χ3n) is 4.23. The SMILES string of the molecule is NCc1ccc(OCCCN2CCCCCC2CO)cc1. The standard InChI is InChI=1S/C17H28N2O2/c18-13-15-6-8-17(9-7-15)21-12-4-11-19-10-3-1-2-5-16(19)14-20/h6-9,16,20H,1-5,10-14,18H2. The van der Waals surface area contributed by atoms with E-state index in [2.05, 4.69) is 4.90 Å². The number of hydrogen-bond acceptors (Lipinski definition) is 4. The largest absolute Gasteiger partial charge is 0.494 e. The number of hydrogen-bond donors (Lipinski definition) is 2. The molecule has 3 N–H and O–H groups in total. The van der Waals surface area contributed by atoms with Crippen molar-refractivity contribution in [2.24, 2.45) is 5.73 Å². The van der Waals surface area contributed by atoms with Crippen molar-refractivity contribution in [3.8, 4) is 5.75 Å². The summed E-state index contributed by atoms with van der Waals surface area (Å²) in [6.45, 7) is 3.68. The molecule has 118 valence electrons. The van der Waals surface area contributed by atoms with Gasteiger partial charge in [-0.1, -0.05) is 25.0 Å². The molecule has 0 radical (unpaired) electrons. The lowest BCUT2D eigenvalue weighted by atomic mass is 10.1. The van der Waals surface area contributed by atoms with Gasteiger partial charge in [-0.25, -0.2) is 0 Å². The van der Waals surface area contributed by atoms with E-state index < -0.39 is 0 Å². The summed E-state index contributed by atoms with van der Waals surface area (Å²) in [5.74, 6) is 0.904. The topological polar surface area (TPSA) is 58.7 Å². The summed E-state index contributed by atoms with van der Waals surface area (Å²) in [4.78, 5) is 2.42. The molecule has 1 unspecified atom stereocenters. The molecule has 1 aliphatic heterocycles. The summed E-state index contributed by atoms with van der Waals surface area (Å²) in [7, 11) is 0. The Bertz CT molecular complexity index is 394. The zero-order valence-corrected chi connectivity index (χ0v) is 12.8. The zero-order valence-electron chi connectivity index (χ0n) is 12.8. The van der Waals surface area contributed by atoms with E-state index in [1.54, 1.807) is 0 Å². The summed E-state index contributed by atoms with van der Waals surface area (Å²) in [6, 6.07) is 8.31. The van der Waals surface area contributed by atoms with Crippen LogP contribution >= 0.6 is 0 Å². The minimum Gasteiger partial charge on any atom is -0.494 e. The molecule has 0 bridgehead atoms. The highest BCUT2D eigenvalue weighted by atomic mass is 16.5. The van der Waals surface area contributed by atoms with Crippen LogP contribution in [0.25, 0.3) is 0 Å². The van der Waals surface area contributed by atoms with Crippen LogP contribution in [0.5, 0.6) is 5.75 Å². The first-order chi connectivity index (χ1) is 10.3. The Morgan fingerprint density at radius 2 is 2.00 bits per heavy atom. The fourth-order valence-electron chi connectivity index (χ4n) is 2.92. The molecule has 21 heavy (non-hydrogen) atoms. The van der Waals surface area contributed by atoms with Crippen LogP contribution in [0.2, 0.25) is 0 Å². The number of rotatable bonds is 7. The maximum atomic E-state index is 9.49. The molecule has 0 aromatic heterocycles. The number of likely N-dealkylation sites (tertiary alicyclic amines) is 1. The van der Waals surface area contributed by atoms with Gasteiger partial charge < -0.3 is 15.6 Å². The Morgan fingerprint density at radius 3 is 2.71 bits per heavy atom. The lowest BCUT2D eigenvalue weighted by Crippen LogP contribution is -2.38. The molecule has 0 saturated carbocycles. The van der Waals surface area contributed by atoms with Crippen molar-refractivity contribution < 1.29 is 9.84 Å². The number of aliphatic hydroxyl groups excluding tert-OH is 1. The molecular formula is C17H28N2O2. The molecule has 1 heterocycles. The van der Waals surface area contributed by atoms with E-state index in [1.165, 1.54) is 19.3 Å². The van der Waals surface area contributed by atoms with E-state index in [0.29, 0.717) is 12.6 Å². The van der Waals surface area contributed by atoms with E-state index in [0.717, 1.165) is 43.9 Å². The van der Waals surface area contributed by atoms with Crippen molar-refractivity contribution in [3.63, 3.8) is 0 Å². The molecule has 4 nitrogen and oxygen atoms in total. The van der Waals surface area contributed by atoms with Gasteiger partial charge in [-0.2, -0.15) is 0 Å².